The van der Waals surface area contributed by atoms with E-state index < -0.39 is 0 Å². The van der Waals surface area contributed by atoms with Gasteiger partial charge in [0.2, 0.25) is 5.91 Å². The van der Waals surface area contributed by atoms with E-state index in [9.17, 15) is 9.18 Å². The molecule has 2 aromatic carbocycles. The van der Waals surface area contributed by atoms with E-state index in [2.05, 4.69) is 15.5 Å². The number of hydrogen-bond donors (Lipinski definition) is 1. The van der Waals surface area contributed by atoms with Crippen molar-refractivity contribution in [2.45, 2.75) is 25.4 Å². The first-order chi connectivity index (χ1) is 13.1. The Morgan fingerprint density at radius 1 is 1.15 bits per heavy atom. The number of thioether (sulfide) groups is 1. The monoisotopic (exact) mass is 384 g/mol. The van der Waals surface area contributed by atoms with E-state index in [0.29, 0.717) is 23.1 Å². The molecule has 0 atom stereocenters. The third-order valence-corrected chi connectivity index (χ3v) is 4.87. The number of aryl methyl sites for hydroxylation is 1. The van der Waals surface area contributed by atoms with Crippen LogP contribution in [0.15, 0.2) is 53.7 Å². The Bertz CT molecular complexity index is 924. The van der Waals surface area contributed by atoms with Crippen LogP contribution in [0, 0.1) is 12.7 Å². The molecular weight excluding hydrogens is 363 g/mol. The summed E-state index contributed by atoms with van der Waals surface area (Å²) in [6.07, 6.45) is 0.882. The topological polar surface area (TPSA) is 59.8 Å². The largest absolute Gasteiger partial charge is 0.355 e. The lowest BCUT2D eigenvalue weighted by Crippen LogP contribution is -2.25. The molecule has 1 amide bonds. The third-order valence-electron chi connectivity index (χ3n) is 3.94. The molecule has 0 aliphatic carbocycles. The van der Waals surface area contributed by atoms with Crippen molar-refractivity contribution in [1.29, 1.82) is 0 Å². The van der Waals surface area contributed by atoms with E-state index in [1.54, 1.807) is 22.8 Å². The Balaban J connectivity index is 1.98. The second-order valence-electron chi connectivity index (χ2n) is 6.10. The fraction of sp³-hybridized carbons (Fsp3) is 0.250. The summed E-state index contributed by atoms with van der Waals surface area (Å²) in [7, 11) is 0. The molecule has 0 spiro atoms. The molecule has 1 aromatic heterocycles. The average Bonchev–Trinajstić information content (AvgIpc) is 3.09. The van der Waals surface area contributed by atoms with Crippen LogP contribution >= 0.6 is 11.8 Å². The Labute approximate surface area is 162 Å². The van der Waals surface area contributed by atoms with Crippen LogP contribution < -0.4 is 5.32 Å². The van der Waals surface area contributed by atoms with Crippen molar-refractivity contribution < 1.29 is 9.18 Å². The van der Waals surface area contributed by atoms with Crippen LogP contribution in [0.2, 0.25) is 0 Å². The standard InChI is InChI=1S/C20H21FN4OS/c1-3-12-22-18(26)13-27-20-24-23-19(16-6-4-5-7-17(16)21)25(20)15-10-8-14(2)9-11-15/h4-11H,3,12-13H2,1-2H3,(H,22,26). The van der Waals surface area contributed by atoms with Gasteiger partial charge in [-0.1, -0.05) is 48.5 Å². The minimum absolute atomic E-state index is 0.0623. The minimum Gasteiger partial charge on any atom is -0.355 e. The Morgan fingerprint density at radius 3 is 2.59 bits per heavy atom. The summed E-state index contributed by atoms with van der Waals surface area (Å²) in [6.45, 7) is 4.65. The Kier molecular flexibility index (Phi) is 6.24. The molecule has 0 bridgehead atoms. The summed E-state index contributed by atoms with van der Waals surface area (Å²) in [5, 5.41) is 11.8. The van der Waals surface area contributed by atoms with E-state index in [4.69, 9.17) is 0 Å². The zero-order valence-electron chi connectivity index (χ0n) is 15.3. The molecule has 7 heteroatoms. The van der Waals surface area contributed by atoms with Crippen molar-refractivity contribution in [3.8, 4) is 17.1 Å². The van der Waals surface area contributed by atoms with Crippen LogP contribution in [0.4, 0.5) is 4.39 Å². The van der Waals surface area contributed by atoms with Gasteiger partial charge in [-0.3, -0.25) is 9.36 Å². The molecule has 0 saturated carbocycles. The van der Waals surface area contributed by atoms with Gasteiger partial charge >= 0.3 is 0 Å². The van der Waals surface area contributed by atoms with Crippen LogP contribution in [-0.2, 0) is 4.79 Å². The molecule has 27 heavy (non-hydrogen) atoms. The van der Waals surface area contributed by atoms with Crippen molar-refractivity contribution in [2.75, 3.05) is 12.3 Å². The summed E-state index contributed by atoms with van der Waals surface area (Å²) in [4.78, 5) is 11.9. The molecule has 3 aromatic rings. The highest BCUT2D eigenvalue weighted by Gasteiger charge is 2.19. The van der Waals surface area contributed by atoms with E-state index in [0.717, 1.165) is 17.7 Å². The molecular formula is C20H21FN4OS. The number of carbonyl (C=O) groups excluding carboxylic acids is 1. The van der Waals surface area contributed by atoms with Crippen LogP contribution in [0.1, 0.15) is 18.9 Å². The number of aromatic nitrogens is 3. The van der Waals surface area contributed by atoms with Crippen molar-refractivity contribution in [2.24, 2.45) is 0 Å². The van der Waals surface area contributed by atoms with Crippen molar-refractivity contribution in [3.05, 3.63) is 59.9 Å². The third kappa shape index (κ3) is 4.54. The van der Waals surface area contributed by atoms with Crippen LogP contribution in [0.3, 0.4) is 0 Å². The highest BCUT2D eigenvalue weighted by atomic mass is 32.2. The highest BCUT2D eigenvalue weighted by Crippen LogP contribution is 2.29. The molecule has 0 unspecified atom stereocenters. The zero-order chi connectivity index (χ0) is 19.2. The van der Waals surface area contributed by atoms with Crippen molar-refractivity contribution in [3.63, 3.8) is 0 Å². The quantitative estimate of drug-likeness (QED) is 0.626. The fourth-order valence-corrected chi connectivity index (χ4v) is 3.33. The van der Waals surface area contributed by atoms with Crippen LogP contribution in [0.25, 0.3) is 17.1 Å². The second-order valence-corrected chi connectivity index (χ2v) is 7.04. The van der Waals surface area contributed by atoms with Gasteiger partial charge in [-0.15, -0.1) is 10.2 Å². The Hall–Kier alpha value is -2.67. The first-order valence-corrected chi connectivity index (χ1v) is 9.75. The molecule has 0 aliphatic rings. The second kappa shape index (κ2) is 8.81. The number of benzene rings is 2. The summed E-state index contributed by atoms with van der Waals surface area (Å²) >= 11 is 1.28. The lowest BCUT2D eigenvalue weighted by molar-refractivity contribution is -0.118. The van der Waals surface area contributed by atoms with E-state index in [1.807, 2.05) is 38.1 Å². The molecule has 5 nitrogen and oxygen atoms in total. The molecule has 140 valence electrons. The lowest BCUT2D eigenvalue weighted by atomic mass is 10.2. The molecule has 0 radical (unpaired) electrons. The summed E-state index contributed by atoms with van der Waals surface area (Å²) < 4.78 is 16.1. The van der Waals surface area contributed by atoms with Gasteiger partial charge in [-0.2, -0.15) is 0 Å². The molecule has 3 rings (SSSR count). The summed E-state index contributed by atoms with van der Waals surface area (Å²) in [5.41, 5.74) is 2.31. The lowest BCUT2D eigenvalue weighted by Gasteiger charge is -2.11. The van der Waals surface area contributed by atoms with E-state index in [1.165, 1.54) is 17.8 Å². The highest BCUT2D eigenvalue weighted by molar-refractivity contribution is 7.99. The number of rotatable bonds is 7. The van der Waals surface area contributed by atoms with Crippen molar-refractivity contribution in [1.82, 2.24) is 20.1 Å². The van der Waals surface area contributed by atoms with Gasteiger partial charge in [0.1, 0.15) is 5.82 Å². The number of nitrogens with zero attached hydrogens (tertiary/aromatic N) is 3. The van der Waals surface area contributed by atoms with Crippen LogP contribution in [0.5, 0.6) is 0 Å². The predicted octanol–water partition coefficient (Wildman–Crippen LogP) is 4.00. The maximum Gasteiger partial charge on any atom is 0.230 e. The van der Waals surface area contributed by atoms with Gasteiger partial charge in [0.25, 0.3) is 0 Å². The number of amides is 1. The predicted molar refractivity (Wildman–Crippen MR) is 106 cm³/mol. The zero-order valence-corrected chi connectivity index (χ0v) is 16.1. The SMILES string of the molecule is CCCNC(=O)CSc1nnc(-c2ccccc2F)n1-c1ccc(C)cc1. The normalized spacial score (nSPS) is 10.8. The van der Waals surface area contributed by atoms with Gasteiger partial charge < -0.3 is 5.32 Å². The number of hydrogen-bond acceptors (Lipinski definition) is 4. The molecule has 1 heterocycles. The van der Waals surface area contributed by atoms with E-state index >= 15 is 0 Å². The average molecular weight is 384 g/mol. The van der Waals surface area contributed by atoms with E-state index in [-0.39, 0.29) is 17.5 Å². The summed E-state index contributed by atoms with van der Waals surface area (Å²) in [5.74, 6) is 0.207. The molecule has 0 aliphatic heterocycles. The maximum atomic E-state index is 14.3. The molecule has 0 fully saturated rings. The van der Waals surface area contributed by atoms with Crippen LogP contribution in [-0.4, -0.2) is 33.0 Å². The number of halogens is 1. The number of carbonyl (C=O) groups is 1. The summed E-state index contributed by atoms with van der Waals surface area (Å²) in [6, 6.07) is 14.3. The minimum atomic E-state index is -0.365. The Morgan fingerprint density at radius 2 is 1.89 bits per heavy atom. The maximum absolute atomic E-state index is 14.3. The van der Waals surface area contributed by atoms with Gasteiger partial charge in [-0.25, -0.2) is 4.39 Å². The van der Waals surface area contributed by atoms with Gasteiger partial charge in [-0.05, 0) is 37.6 Å². The van der Waals surface area contributed by atoms with Gasteiger partial charge in [0, 0.05) is 12.2 Å². The van der Waals surface area contributed by atoms with Gasteiger partial charge in [0.05, 0.1) is 11.3 Å². The number of nitrogens with one attached hydrogen (secondary N) is 1. The first kappa shape index (κ1) is 19.1. The fourth-order valence-electron chi connectivity index (χ4n) is 2.55. The van der Waals surface area contributed by atoms with Crippen molar-refractivity contribution >= 4 is 17.7 Å². The molecule has 1 N–H and O–H groups in total. The first-order valence-electron chi connectivity index (χ1n) is 8.77. The molecule has 0 saturated heterocycles. The van der Waals surface area contributed by atoms with Gasteiger partial charge in [0.15, 0.2) is 11.0 Å². The smallest absolute Gasteiger partial charge is 0.230 e.